The lowest BCUT2D eigenvalue weighted by molar-refractivity contribution is -0.137. The van der Waals surface area contributed by atoms with Crippen molar-refractivity contribution in [3.05, 3.63) is 41.7 Å². The van der Waals surface area contributed by atoms with Crippen LogP contribution in [0.3, 0.4) is 0 Å². The highest BCUT2D eigenvalue weighted by Gasteiger charge is 2.33. The zero-order valence-electron chi connectivity index (χ0n) is 9.46. The molecule has 0 aliphatic carbocycles. The lowest BCUT2D eigenvalue weighted by atomic mass is 9.99. The summed E-state index contributed by atoms with van der Waals surface area (Å²) in [4.78, 5) is 0. The second-order valence-corrected chi connectivity index (χ2v) is 3.84. The van der Waals surface area contributed by atoms with Crippen molar-refractivity contribution >= 4 is 0 Å². The van der Waals surface area contributed by atoms with Gasteiger partial charge in [-0.2, -0.15) is 18.3 Å². The minimum Gasteiger partial charge on any atom is -0.330 e. The van der Waals surface area contributed by atoms with Gasteiger partial charge in [0, 0.05) is 17.7 Å². The Morgan fingerprint density at radius 1 is 1.17 bits per heavy atom. The van der Waals surface area contributed by atoms with Gasteiger partial charge in [-0.05, 0) is 18.2 Å². The number of rotatable bonds is 3. The summed E-state index contributed by atoms with van der Waals surface area (Å²) in [6.07, 6.45) is -2.52. The molecule has 0 unspecified atom stereocenters. The Kier molecular flexibility index (Phi) is 3.38. The summed E-state index contributed by atoms with van der Waals surface area (Å²) in [6, 6.07) is 5.45. The first kappa shape index (κ1) is 12.6. The number of nitrogens with two attached hydrogens (primary N) is 1. The van der Waals surface area contributed by atoms with Gasteiger partial charge in [0.05, 0.1) is 11.8 Å². The van der Waals surface area contributed by atoms with Crippen molar-refractivity contribution in [1.82, 2.24) is 10.2 Å². The quantitative estimate of drug-likeness (QED) is 0.885. The highest BCUT2D eigenvalue weighted by Crippen LogP contribution is 2.37. The molecule has 0 aliphatic rings. The minimum atomic E-state index is -4.38. The van der Waals surface area contributed by atoms with Crippen molar-refractivity contribution in [3.8, 4) is 11.1 Å². The average molecular weight is 255 g/mol. The predicted octanol–water partition coefficient (Wildman–Crippen LogP) is 2.60. The zero-order chi connectivity index (χ0) is 13.2. The highest BCUT2D eigenvalue weighted by molar-refractivity contribution is 5.69. The molecule has 2 aromatic rings. The Bertz CT molecular complexity index is 531. The third-order valence-electron chi connectivity index (χ3n) is 2.64. The maximum atomic E-state index is 12.9. The molecule has 0 saturated carbocycles. The summed E-state index contributed by atoms with van der Waals surface area (Å²) in [7, 11) is 0. The number of aromatic nitrogens is 2. The fraction of sp³-hybridized carbons (Fsp3) is 0.250. The van der Waals surface area contributed by atoms with E-state index in [1.54, 1.807) is 6.07 Å². The van der Waals surface area contributed by atoms with Crippen LogP contribution in [-0.2, 0) is 12.6 Å². The molecule has 0 fully saturated rings. The largest absolute Gasteiger partial charge is 0.417 e. The number of aromatic amines is 1. The molecular formula is C12H12F3N3. The second kappa shape index (κ2) is 4.81. The van der Waals surface area contributed by atoms with Crippen LogP contribution in [0.15, 0.2) is 30.5 Å². The molecule has 0 atom stereocenters. The van der Waals surface area contributed by atoms with E-state index in [-0.39, 0.29) is 5.56 Å². The van der Waals surface area contributed by atoms with Crippen LogP contribution in [0.4, 0.5) is 13.2 Å². The standard InChI is InChI=1S/C12H12F3N3/c13-12(14,15)10-4-2-1-3-8(10)9-7-17-18-11(9)5-6-16/h1-4,7H,5-6,16H2,(H,17,18). The normalized spacial score (nSPS) is 11.8. The predicted molar refractivity (Wildman–Crippen MR) is 61.8 cm³/mol. The van der Waals surface area contributed by atoms with E-state index in [2.05, 4.69) is 10.2 Å². The molecule has 0 amide bonds. The number of hydrogen-bond acceptors (Lipinski definition) is 2. The van der Waals surface area contributed by atoms with Crippen molar-refractivity contribution in [2.24, 2.45) is 5.73 Å². The monoisotopic (exact) mass is 255 g/mol. The number of halogens is 3. The number of hydrogen-bond donors (Lipinski definition) is 2. The van der Waals surface area contributed by atoms with Gasteiger partial charge in [-0.3, -0.25) is 5.10 Å². The van der Waals surface area contributed by atoms with E-state index in [0.717, 1.165) is 6.07 Å². The average Bonchev–Trinajstić information content (AvgIpc) is 2.77. The Hall–Kier alpha value is -1.82. The van der Waals surface area contributed by atoms with Gasteiger partial charge < -0.3 is 5.73 Å². The van der Waals surface area contributed by atoms with Crippen molar-refractivity contribution in [2.75, 3.05) is 6.54 Å². The highest BCUT2D eigenvalue weighted by atomic mass is 19.4. The molecule has 0 saturated heterocycles. The van der Waals surface area contributed by atoms with Crippen LogP contribution in [0.25, 0.3) is 11.1 Å². The Balaban J connectivity index is 2.54. The topological polar surface area (TPSA) is 54.7 Å². The molecule has 1 aromatic carbocycles. The third-order valence-corrected chi connectivity index (χ3v) is 2.64. The number of alkyl halides is 3. The molecule has 0 radical (unpaired) electrons. The third kappa shape index (κ3) is 2.38. The van der Waals surface area contributed by atoms with E-state index < -0.39 is 11.7 Å². The van der Waals surface area contributed by atoms with E-state index in [1.807, 2.05) is 0 Å². The fourth-order valence-electron chi connectivity index (χ4n) is 1.85. The number of nitrogens with zero attached hydrogens (tertiary/aromatic N) is 1. The molecule has 1 heterocycles. The maximum absolute atomic E-state index is 12.9. The van der Waals surface area contributed by atoms with Gasteiger partial charge in [-0.1, -0.05) is 18.2 Å². The van der Waals surface area contributed by atoms with Gasteiger partial charge >= 0.3 is 6.18 Å². The van der Waals surface area contributed by atoms with Crippen LogP contribution in [0.2, 0.25) is 0 Å². The molecule has 3 N–H and O–H groups in total. The number of H-pyrrole nitrogens is 1. The molecule has 0 bridgehead atoms. The lowest BCUT2D eigenvalue weighted by Gasteiger charge is -2.12. The van der Waals surface area contributed by atoms with Crippen molar-refractivity contribution in [1.29, 1.82) is 0 Å². The second-order valence-electron chi connectivity index (χ2n) is 3.84. The summed E-state index contributed by atoms with van der Waals surface area (Å²) in [5, 5.41) is 6.48. The number of benzene rings is 1. The molecule has 6 heteroatoms. The van der Waals surface area contributed by atoms with E-state index in [9.17, 15) is 13.2 Å². The summed E-state index contributed by atoms with van der Waals surface area (Å²) < 4.78 is 38.7. The van der Waals surface area contributed by atoms with Crippen LogP contribution in [0.5, 0.6) is 0 Å². The maximum Gasteiger partial charge on any atom is 0.417 e. The molecule has 1 aromatic heterocycles. The van der Waals surface area contributed by atoms with Crippen LogP contribution < -0.4 is 5.73 Å². The van der Waals surface area contributed by atoms with Gasteiger partial charge in [0.1, 0.15) is 0 Å². The minimum absolute atomic E-state index is 0.127. The van der Waals surface area contributed by atoms with E-state index in [4.69, 9.17) is 5.73 Å². The van der Waals surface area contributed by atoms with Crippen molar-refractivity contribution in [2.45, 2.75) is 12.6 Å². The molecule has 0 spiro atoms. The van der Waals surface area contributed by atoms with Crippen LogP contribution in [0.1, 0.15) is 11.3 Å². The molecule has 0 aliphatic heterocycles. The molecule has 3 nitrogen and oxygen atoms in total. The molecular weight excluding hydrogens is 243 g/mol. The van der Waals surface area contributed by atoms with Crippen LogP contribution in [0, 0.1) is 0 Å². The van der Waals surface area contributed by atoms with Gasteiger partial charge in [-0.25, -0.2) is 0 Å². The first-order chi connectivity index (χ1) is 8.54. The van der Waals surface area contributed by atoms with Crippen molar-refractivity contribution < 1.29 is 13.2 Å². The summed E-state index contributed by atoms with van der Waals surface area (Å²) in [5.74, 6) is 0. The Morgan fingerprint density at radius 3 is 2.56 bits per heavy atom. The van der Waals surface area contributed by atoms with Gasteiger partial charge in [0.25, 0.3) is 0 Å². The summed E-state index contributed by atoms with van der Waals surface area (Å²) in [5.41, 5.74) is 5.96. The van der Waals surface area contributed by atoms with Crippen LogP contribution >= 0.6 is 0 Å². The summed E-state index contributed by atoms with van der Waals surface area (Å²) in [6.45, 7) is 0.351. The molecule has 18 heavy (non-hydrogen) atoms. The van der Waals surface area contributed by atoms with Gasteiger partial charge in [0.2, 0.25) is 0 Å². The molecule has 96 valence electrons. The first-order valence-corrected chi connectivity index (χ1v) is 5.43. The Labute approximate surface area is 102 Å². The van der Waals surface area contributed by atoms with E-state index in [1.165, 1.54) is 18.3 Å². The Morgan fingerprint density at radius 2 is 1.89 bits per heavy atom. The zero-order valence-corrected chi connectivity index (χ0v) is 9.46. The first-order valence-electron chi connectivity index (χ1n) is 5.43. The van der Waals surface area contributed by atoms with Crippen molar-refractivity contribution in [3.63, 3.8) is 0 Å². The van der Waals surface area contributed by atoms with E-state index in [0.29, 0.717) is 24.2 Å². The SMILES string of the molecule is NCCc1[nH]ncc1-c1ccccc1C(F)(F)F. The molecule has 2 rings (SSSR count). The smallest absolute Gasteiger partial charge is 0.330 e. The van der Waals surface area contributed by atoms with E-state index >= 15 is 0 Å². The van der Waals surface area contributed by atoms with Gasteiger partial charge in [0.15, 0.2) is 0 Å². The van der Waals surface area contributed by atoms with Gasteiger partial charge in [-0.15, -0.1) is 0 Å². The fourth-order valence-corrected chi connectivity index (χ4v) is 1.85. The summed E-state index contributed by atoms with van der Waals surface area (Å²) >= 11 is 0. The lowest BCUT2D eigenvalue weighted by Crippen LogP contribution is -2.08. The number of nitrogens with one attached hydrogen (secondary N) is 1. The van der Waals surface area contributed by atoms with Crippen LogP contribution in [-0.4, -0.2) is 16.7 Å².